The fourth-order valence-electron chi connectivity index (χ4n) is 3.23. The van der Waals surface area contributed by atoms with Crippen molar-refractivity contribution in [2.24, 2.45) is 0 Å². The Morgan fingerprint density at radius 2 is 1.15 bits per heavy atom. The molecule has 1 heterocycles. The van der Waals surface area contributed by atoms with Crippen LogP contribution in [0.2, 0.25) is 5.28 Å². The summed E-state index contributed by atoms with van der Waals surface area (Å²) in [7, 11) is 0. The predicted molar refractivity (Wildman–Crippen MR) is 113 cm³/mol. The first kappa shape index (κ1) is 23.1. The third-order valence-electron chi connectivity index (χ3n) is 4.86. The van der Waals surface area contributed by atoms with E-state index in [9.17, 15) is 0 Å². The van der Waals surface area contributed by atoms with E-state index in [-0.39, 0.29) is 5.28 Å². The zero-order chi connectivity index (χ0) is 18.7. The number of rotatable bonds is 18. The largest absolute Gasteiger partial charge is 0.354 e. The van der Waals surface area contributed by atoms with E-state index in [1.807, 2.05) is 0 Å². The first-order valence-electron chi connectivity index (χ1n) is 10.9. The fourth-order valence-corrected chi connectivity index (χ4v) is 3.36. The zero-order valence-electron chi connectivity index (χ0n) is 16.8. The highest BCUT2D eigenvalue weighted by Crippen LogP contribution is 2.13. The summed E-state index contributed by atoms with van der Waals surface area (Å²) in [4.78, 5) is 11.8. The topological polar surface area (TPSA) is 50.7 Å². The summed E-state index contributed by atoms with van der Waals surface area (Å²) in [5.74, 6) is 0.575. The molecule has 0 atom stereocenters. The molecule has 0 fully saturated rings. The molecule has 5 heteroatoms. The monoisotopic (exact) mass is 382 g/mol. The molecule has 0 aromatic carbocycles. The highest BCUT2D eigenvalue weighted by Gasteiger charge is 1.97. The SMILES string of the molecule is CCCCCCCCCCCCCCCCCCNc1ncnc(Cl)n1. The van der Waals surface area contributed by atoms with Crippen molar-refractivity contribution in [3.8, 4) is 0 Å². The molecule has 0 saturated heterocycles. The van der Waals surface area contributed by atoms with Crippen LogP contribution in [-0.2, 0) is 0 Å². The number of nitrogens with one attached hydrogen (secondary N) is 1. The highest BCUT2D eigenvalue weighted by molar-refractivity contribution is 6.28. The molecule has 0 aliphatic carbocycles. The van der Waals surface area contributed by atoms with Crippen LogP contribution in [0.5, 0.6) is 0 Å². The third-order valence-corrected chi connectivity index (χ3v) is 5.04. The van der Waals surface area contributed by atoms with Gasteiger partial charge in [-0.2, -0.15) is 4.98 Å². The van der Waals surface area contributed by atoms with Crippen molar-refractivity contribution in [3.05, 3.63) is 11.6 Å². The molecule has 26 heavy (non-hydrogen) atoms. The molecule has 0 unspecified atom stereocenters. The summed E-state index contributed by atoms with van der Waals surface area (Å²) in [5.41, 5.74) is 0. The minimum absolute atomic E-state index is 0.245. The zero-order valence-corrected chi connectivity index (χ0v) is 17.6. The van der Waals surface area contributed by atoms with Crippen molar-refractivity contribution in [1.82, 2.24) is 15.0 Å². The normalized spacial score (nSPS) is 11.0. The number of anilines is 1. The Kier molecular flexibility index (Phi) is 15.6. The summed E-state index contributed by atoms with van der Waals surface area (Å²) < 4.78 is 0. The minimum atomic E-state index is 0.245. The van der Waals surface area contributed by atoms with Gasteiger partial charge in [0.05, 0.1) is 0 Å². The molecule has 150 valence electrons. The Labute approximate surface area is 166 Å². The van der Waals surface area contributed by atoms with Crippen LogP contribution in [-0.4, -0.2) is 21.5 Å². The molecule has 1 aromatic rings. The molecule has 1 rings (SSSR count). The first-order chi connectivity index (χ1) is 12.8. The molecule has 0 spiro atoms. The number of halogens is 1. The predicted octanol–water partition coefficient (Wildman–Crippen LogP) is 7.20. The Hall–Kier alpha value is -0.900. The van der Waals surface area contributed by atoms with Crippen LogP contribution in [0, 0.1) is 0 Å². The van der Waals surface area contributed by atoms with Gasteiger partial charge in [-0.3, -0.25) is 0 Å². The maximum absolute atomic E-state index is 5.72. The summed E-state index contributed by atoms with van der Waals surface area (Å²) in [5, 5.41) is 3.43. The smallest absolute Gasteiger partial charge is 0.227 e. The van der Waals surface area contributed by atoms with Gasteiger partial charge in [-0.25, -0.2) is 9.97 Å². The van der Waals surface area contributed by atoms with Gasteiger partial charge in [-0.1, -0.05) is 103 Å². The van der Waals surface area contributed by atoms with Crippen molar-refractivity contribution in [2.75, 3.05) is 11.9 Å². The second-order valence-corrected chi connectivity index (χ2v) is 7.65. The van der Waals surface area contributed by atoms with Crippen LogP contribution in [0.25, 0.3) is 0 Å². The Bertz CT molecular complexity index is 428. The lowest BCUT2D eigenvalue weighted by Crippen LogP contribution is -2.05. The fraction of sp³-hybridized carbons (Fsp3) is 0.857. The summed E-state index contributed by atoms with van der Waals surface area (Å²) in [6.07, 6.45) is 23.7. The Morgan fingerprint density at radius 3 is 1.62 bits per heavy atom. The number of unbranched alkanes of at least 4 members (excludes halogenated alkanes) is 15. The lowest BCUT2D eigenvalue weighted by molar-refractivity contribution is 0.530. The molecular weight excluding hydrogens is 344 g/mol. The first-order valence-corrected chi connectivity index (χ1v) is 11.3. The van der Waals surface area contributed by atoms with Crippen molar-refractivity contribution < 1.29 is 0 Å². The van der Waals surface area contributed by atoms with Crippen LogP contribution in [0.4, 0.5) is 5.95 Å². The van der Waals surface area contributed by atoms with E-state index >= 15 is 0 Å². The Morgan fingerprint density at radius 1 is 0.692 bits per heavy atom. The molecule has 0 saturated carbocycles. The average Bonchev–Trinajstić information content (AvgIpc) is 2.64. The van der Waals surface area contributed by atoms with Crippen LogP contribution in [0.1, 0.15) is 110 Å². The molecule has 1 N–H and O–H groups in total. The van der Waals surface area contributed by atoms with Gasteiger partial charge < -0.3 is 5.32 Å². The molecular formula is C21H39ClN4. The average molecular weight is 383 g/mol. The lowest BCUT2D eigenvalue weighted by Gasteiger charge is -2.05. The summed E-state index contributed by atoms with van der Waals surface area (Å²) >= 11 is 5.72. The van der Waals surface area contributed by atoms with Crippen LogP contribution < -0.4 is 5.32 Å². The van der Waals surface area contributed by atoms with Crippen LogP contribution in [0.15, 0.2) is 6.33 Å². The van der Waals surface area contributed by atoms with E-state index < -0.39 is 0 Å². The van der Waals surface area contributed by atoms with E-state index in [1.54, 1.807) is 0 Å². The van der Waals surface area contributed by atoms with Gasteiger partial charge in [0.1, 0.15) is 6.33 Å². The number of nitrogens with zero attached hydrogens (tertiary/aromatic N) is 3. The molecule has 0 amide bonds. The maximum Gasteiger partial charge on any atom is 0.227 e. The third kappa shape index (κ3) is 14.3. The second kappa shape index (κ2) is 17.5. The summed E-state index contributed by atoms with van der Waals surface area (Å²) in [6.45, 7) is 3.19. The van der Waals surface area contributed by atoms with Crippen molar-refractivity contribution in [3.63, 3.8) is 0 Å². The Balaban J connectivity index is 1.73. The van der Waals surface area contributed by atoms with Crippen LogP contribution in [0.3, 0.4) is 0 Å². The van der Waals surface area contributed by atoms with E-state index in [1.165, 1.54) is 103 Å². The van der Waals surface area contributed by atoms with E-state index in [0.29, 0.717) is 5.95 Å². The standard InChI is InChI=1S/C21H39ClN4/c1-2-3-4-5-6-7-8-9-10-11-12-13-14-15-16-17-18-23-21-25-19-24-20(22)26-21/h19H,2-18H2,1H3,(H,23,24,25,26). The maximum atomic E-state index is 5.72. The summed E-state index contributed by atoms with van der Waals surface area (Å²) in [6, 6.07) is 0. The lowest BCUT2D eigenvalue weighted by atomic mass is 10.0. The molecule has 0 aliphatic rings. The molecule has 0 bridgehead atoms. The van der Waals surface area contributed by atoms with Crippen LogP contribution >= 0.6 is 11.6 Å². The van der Waals surface area contributed by atoms with Crippen molar-refractivity contribution in [1.29, 1.82) is 0 Å². The molecule has 4 nitrogen and oxygen atoms in total. The van der Waals surface area contributed by atoms with Gasteiger partial charge in [0, 0.05) is 6.54 Å². The van der Waals surface area contributed by atoms with Gasteiger partial charge in [0.15, 0.2) is 0 Å². The van der Waals surface area contributed by atoms with Gasteiger partial charge in [0.2, 0.25) is 11.2 Å². The quantitative estimate of drug-likeness (QED) is 0.273. The minimum Gasteiger partial charge on any atom is -0.354 e. The highest BCUT2D eigenvalue weighted by atomic mass is 35.5. The molecule has 1 aromatic heterocycles. The van der Waals surface area contributed by atoms with E-state index in [2.05, 4.69) is 27.2 Å². The number of hydrogen-bond acceptors (Lipinski definition) is 4. The molecule has 0 aliphatic heterocycles. The van der Waals surface area contributed by atoms with E-state index in [4.69, 9.17) is 11.6 Å². The van der Waals surface area contributed by atoms with Crippen molar-refractivity contribution >= 4 is 17.5 Å². The van der Waals surface area contributed by atoms with E-state index in [0.717, 1.165) is 13.0 Å². The number of aromatic nitrogens is 3. The second-order valence-electron chi connectivity index (χ2n) is 7.31. The van der Waals surface area contributed by atoms with Crippen molar-refractivity contribution in [2.45, 2.75) is 110 Å². The van der Waals surface area contributed by atoms with Gasteiger partial charge in [-0.05, 0) is 18.0 Å². The van der Waals surface area contributed by atoms with Gasteiger partial charge in [0.25, 0.3) is 0 Å². The van der Waals surface area contributed by atoms with Gasteiger partial charge in [-0.15, -0.1) is 0 Å². The molecule has 0 radical (unpaired) electrons. The number of hydrogen-bond donors (Lipinski definition) is 1. The van der Waals surface area contributed by atoms with Gasteiger partial charge >= 0.3 is 0 Å².